The Morgan fingerprint density at radius 3 is 2.35 bits per heavy atom. The molecule has 0 unspecified atom stereocenters. The molecule has 4 nitrogen and oxygen atoms in total. The summed E-state index contributed by atoms with van der Waals surface area (Å²) in [6.45, 7) is 1.92. The number of piperidine rings is 1. The minimum Gasteiger partial charge on any atom is -0.388 e. The second-order valence-corrected chi connectivity index (χ2v) is 4.32. The zero-order chi connectivity index (χ0) is 12.1. The maximum atomic E-state index is 11.9. The monoisotopic (exact) mass is 233 g/mol. The van der Waals surface area contributed by atoms with Crippen LogP contribution in [0.1, 0.15) is 29.6 Å². The molecule has 1 saturated heterocycles. The number of hydrazine groups is 1. The Bertz CT molecular complexity index is 369. The van der Waals surface area contributed by atoms with E-state index in [0.29, 0.717) is 5.56 Å². The molecule has 1 heterocycles. The zero-order valence-corrected chi connectivity index (χ0v) is 10.2. The number of benzene rings is 1. The van der Waals surface area contributed by atoms with Gasteiger partial charge in [0.1, 0.15) is 0 Å². The smallest absolute Gasteiger partial charge is 0.265 e. The van der Waals surface area contributed by atoms with Crippen molar-refractivity contribution in [3.63, 3.8) is 0 Å². The van der Waals surface area contributed by atoms with Crippen molar-refractivity contribution in [1.82, 2.24) is 10.4 Å². The lowest BCUT2D eigenvalue weighted by molar-refractivity contribution is 0.0750. The van der Waals surface area contributed by atoms with E-state index in [-0.39, 0.29) is 5.91 Å². The van der Waals surface area contributed by atoms with Gasteiger partial charge in [-0.05, 0) is 37.1 Å². The molecule has 2 rings (SSSR count). The van der Waals surface area contributed by atoms with Crippen molar-refractivity contribution < 1.29 is 4.79 Å². The van der Waals surface area contributed by atoms with Gasteiger partial charge in [-0.25, -0.2) is 5.01 Å². The van der Waals surface area contributed by atoms with E-state index in [4.69, 9.17) is 0 Å². The summed E-state index contributed by atoms with van der Waals surface area (Å²) < 4.78 is 0. The molecule has 17 heavy (non-hydrogen) atoms. The highest BCUT2D eigenvalue weighted by atomic mass is 16.2. The molecule has 0 saturated carbocycles. The third kappa shape index (κ3) is 3.20. The molecule has 1 fully saturated rings. The van der Waals surface area contributed by atoms with Crippen LogP contribution < -0.4 is 10.7 Å². The maximum absolute atomic E-state index is 11.9. The average molecular weight is 233 g/mol. The van der Waals surface area contributed by atoms with E-state index >= 15 is 0 Å². The quantitative estimate of drug-likeness (QED) is 0.837. The Labute approximate surface area is 102 Å². The first-order valence-corrected chi connectivity index (χ1v) is 6.13. The fourth-order valence-electron chi connectivity index (χ4n) is 2.00. The van der Waals surface area contributed by atoms with Gasteiger partial charge in [0.25, 0.3) is 5.91 Å². The van der Waals surface area contributed by atoms with Gasteiger partial charge < -0.3 is 5.32 Å². The van der Waals surface area contributed by atoms with Crippen molar-refractivity contribution in [3.8, 4) is 0 Å². The molecule has 4 heteroatoms. The van der Waals surface area contributed by atoms with Crippen LogP contribution >= 0.6 is 0 Å². The molecular formula is C13H19N3O. The first-order chi connectivity index (χ1) is 8.29. The van der Waals surface area contributed by atoms with Gasteiger partial charge in [-0.2, -0.15) is 0 Å². The molecule has 1 aliphatic rings. The molecule has 0 aromatic heterocycles. The van der Waals surface area contributed by atoms with Crippen molar-refractivity contribution in [3.05, 3.63) is 29.8 Å². The van der Waals surface area contributed by atoms with Gasteiger partial charge in [-0.3, -0.25) is 10.2 Å². The number of hydrogen-bond donors (Lipinski definition) is 2. The number of carbonyl (C=O) groups excluding carboxylic acids is 1. The Balaban J connectivity index is 1.93. The third-order valence-corrected chi connectivity index (χ3v) is 3.05. The number of anilines is 1. The highest BCUT2D eigenvalue weighted by Crippen LogP contribution is 2.10. The summed E-state index contributed by atoms with van der Waals surface area (Å²) in [5.41, 5.74) is 4.66. The van der Waals surface area contributed by atoms with Gasteiger partial charge in [-0.1, -0.05) is 6.42 Å². The van der Waals surface area contributed by atoms with Gasteiger partial charge in [0.15, 0.2) is 0 Å². The van der Waals surface area contributed by atoms with Crippen LogP contribution in [-0.4, -0.2) is 31.1 Å². The summed E-state index contributed by atoms with van der Waals surface area (Å²) in [5.74, 6) is -0.0189. The summed E-state index contributed by atoms with van der Waals surface area (Å²) in [4.78, 5) is 11.9. The van der Waals surface area contributed by atoms with Crippen molar-refractivity contribution in [2.45, 2.75) is 19.3 Å². The van der Waals surface area contributed by atoms with Crippen LogP contribution in [-0.2, 0) is 0 Å². The van der Waals surface area contributed by atoms with E-state index in [1.807, 2.05) is 36.3 Å². The van der Waals surface area contributed by atoms with Crippen molar-refractivity contribution in [2.75, 3.05) is 25.5 Å². The predicted molar refractivity (Wildman–Crippen MR) is 68.9 cm³/mol. The van der Waals surface area contributed by atoms with Gasteiger partial charge >= 0.3 is 0 Å². The Morgan fingerprint density at radius 2 is 1.76 bits per heavy atom. The van der Waals surface area contributed by atoms with E-state index < -0.39 is 0 Å². The van der Waals surface area contributed by atoms with Crippen LogP contribution in [0, 0.1) is 0 Å². The van der Waals surface area contributed by atoms with Gasteiger partial charge in [0.05, 0.1) is 0 Å². The van der Waals surface area contributed by atoms with Crippen LogP contribution in [0.3, 0.4) is 0 Å². The second-order valence-electron chi connectivity index (χ2n) is 4.32. The van der Waals surface area contributed by atoms with E-state index in [2.05, 4.69) is 10.7 Å². The molecule has 0 spiro atoms. The molecule has 0 aliphatic carbocycles. The molecule has 0 radical (unpaired) electrons. The Hall–Kier alpha value is -1.55. The molecular weight excluding hydrogens is 214 g/mol. The van der Waals surface area contributed by atoms with Crippen molar-refractivity contribution in [1.29, 1.82) is 0 Å². The van der Waals surface area contributed by atoms with Crippen molar-refractivity contribution in [2.24, 2.45) is 0 Å². The molecule has 1 aromatic carbocycles. The number of nitrogens with zero attached hydrogens (tertiary/aromatic N) is 1. The van der Waals surface area contributed by atoms with Crippen LogP contribution in [0.2, 0.25) is 0 Å². The molecule has 2 N–H and O–H groups in total. The van der Waals surface area contributed by atoms with E-state index in [0.717, 1.165) is 18.8 Å². The van der Waals surface area contributed by atoms with E-state index in [1.54, 1.807) is 0 Å². The number of amides is 1. The summed E-state index contributed by atoms with van der Waals surface area (Å²) in [6, 6.07) is 7.49. The molecule has 92 valence electrons. The Morgan fingerprint density at radius 1 is 1.12 bits per heavy atom. The first kappa shape index (κ1) is 11.9. The molecule has 0 bridgehead atoms. The van der Waals surface area contributed by atoms with Crippen molar-refractivity contribution >= 4 is 11.6 Å². The lowest BCUT2D eigenvalue weighted by atomic mass is 10.1. The molecule has 1 amide bonds. The largest absolute Gasteiger partial charge is 0.388 e. The number of carbonyl (C=O) groups is 1. The average Bonchev–Trinajstić information content (AvgIpc) is 2.40. The highest BCUT2D eigenvalue weighted by Gasteiger charge is 2.13. The van der Waals surface area contributed by atoms with Crippen LogP contribution in [0.15, 0.2) is 24.3 Å². The Kier molecular flexibility index (Phi) is 3.98. The second kappa shape index (κ2) is 5.68. The minimum absolute atomic E-state index is 0.0189. The minimum atomic E-state index is -0.0189. The number of rotatable bonds is 3. The number of nitrogens with one attached hydrogen (secondary N) is 2. The first-order valence-electron chi connectivity index (χ1n) is 6.13. The topological polar surface area (TPSA) is 44.4 Å². The van der Waals surface area contributed by atoms with Gasteiger partial charge in [0, 0.05) is 31.4 Å². The number of hydrogen-bond acceptors (Lipinski definition) is 3. The van der Waals surface area contributed by atoms with Gasteiger partial charge in [-0.15, -0.1) is 0 Å². The standard InChI is InChI=1S/C13H19N3O/c1-14-12-7-5-11(6-8-12)13(17)15-16-9-3-2-4-10-16/h5-8,14H,2-4,9-10H2,1H3,(H,15,17). The van der Waals surface area contributed by atoms with E-state index in [9.17, 15) is 4.79 Å². The van der Waals surface area contributed by atoms with Gasteiger partial charge in [0.2, 0.25) is 0 Å². The lowest BCUT2D eigenvalue weighted by Crippen LogP contribution is -2.45. The lowest BCUT2D eigenvalue weighted by Gasteiger charge is -2.26. The predicted octanol–water partition coefficient (Wildman–Crippen LogP) is 1.86. The molecule has 1 aliphatic heterocycles. The normalized spacial score (nSPS) is 16.5. The highest BCUT2D eigenvalue weighted by molar-refractivity contribution is 5.94. The van der Waals surface area contributed by atoms with Crippen LogP contribution in [0.4, 0.5) is 5.69 Å². The zero-order valence-electron chi connectivity index (χ0n) is 10.2. The van der Waals surface area contributed by atoms with Crippen LogP contribution in [0.25, 0.3) is 0 Å². The maximum Gasteiger partial charge on any atom is 0.265 e. The summed E-state index contributed by atoms with van der Waals surface area (Å²) >= 11 is 0. The SMILES string of the molecule is CNc1ccc(C(=O)NN2CCCCC2)cc1. The van der Waals surface area contributed by atoms with E-state index in [1.165, 1.54) is 19.3 Å². The third-order valence-electron chi connectivity index (χ3n) is 3.05. The summed E-state index contributed by atoms with van der Waals surface area (Å²) in [7, 11) is 1.86. The molecule has 1 aromatic rings. The van der Waals surface area contributed by atoms with Crippen LogP contribution in [0.5, 0.6) is 0 Å². The fourth-order valence-corrected chi connectivity index (χ4v) is 2.00. The summed E-state index contributed by atoms with van der Waals surface area (Å²) in [5, 5.41) is 5.04. The summed E-state index contributed by atoms with van der Waals surface area (Å²) in [6.07, 6.45) is 3.60. The molecule has 0 atom stereocenters. The fraction of sp³-hybridized carbons (Fsp3) is 0.462.